The summed E-state index contributed by atoms with van der Waals surface area (Å²) in [5.74, 6) is 0.291. The maximum absolute atomic E-state index is 11.7. The third-order valence-electron chi connectivity index (χ3n) is 2.74. The van der Waals surface area contributed by atoms with Gasteiger partial charge in [0.15, 0.2) is 0 Å². The van der Waals surface area contributed by atoms with Crippen LogP contribution >= 0.6 is 0 Å². The summed E-state index contributed by atoms with van der Waals surface area (Å²) in [7, 11) is 1.66. The molecule has 16 heavy (non-hydrogen) atoms. The standard InChI is InChI=1S/C11H22N2O3/c1-8(7-15-2)6-13-11(14)10-4-3-9(5-12)16-10/h8-10H,3-7,12H2,1-2H3,(H,13,14). The normalized spacial score (nSPS) is 26.7. The van der Waals surface area contributed by atoms with Gasteiger partial charge in [0.05, 0.1) is 12.7 Å². The molecule has 3 atom stereocenters. The number of amides is 1. The van der Waals surface area contributed by atoms with Gasteiger partial charge < -0.3 is 20.5 Å². The third-order valence-corrected chi connectivity index (χ3v) is 2.74. The first-order valence-electron chi connectivity index (χ1n) is 5.79. The summed E-state index contributed by atoms with van der Waals surface area (Å²) in [6.07, 6.45) is 1.38. The highest BCUT2D eigenvalue weighted by atomic mass is 16.5. The quantitative estimate of drug-likeness (QED) is 0.668. The van der Waals surface area contributed by atoms with Crippen LogP contribution in [-0.4, -0.2) is 44.9 Å². The van der Waals surface area contributed by atoms with Crippen molar-refractivity contribution >= 4 is 5.91 Å². The lowest BCUT2D eigenvalue weighted by Crippen LogP contribution is -2.38. The Bertz CT molecular complexity index is 223. The molecule has 0 aromatic rings. The molecule has 3 unspecified atom stereocenters. The number of nitrogens with one attached hydrogen (secondary N) is 1. The van der Waals surface area contributed by atoms with Crippen LogP contribution in [0, 0.1) is 5.92 Å². The van der Waals surface area contributed by atoms with Gasteiger partial charge in [0.2, 0.25) is 5.91 Å². The highest BCUT2D eigenvalue weighted by molar-refractivity contribution is 5.81. The van der Waals surface area contributed by atoms with Crippen LogP contribution in [0.5, 0.6) is 0 Å². The van der Waals surface area contributed by atoms with Crippen LogP contribution in [0.4, 0.5) is 0 Å². The molecule has 1 amide bonds. The summed E-state index contributed by atoms with van der Waals surface area (Å²) >= 11 is 0. The minimum atomic E-state index is -0.316. The number of carbonyl (C=O) groups excluding carboxylic acids is 1. The topological polar surface area (TPSA) is 73.6 Å². The average molecular weight is 230 g/mol. The van der Waals surface area contributed by atoms with Crippen molar-refractivity contribution in [3.63, 3.8) is 0 Å². The minimum absolute atomic E-state index is 0.0288. The Morgan fingerprint density at radius 1 is 1.62 bits per heavy atom. The molecule has 0 aromatic carbocycles. The van der Waals surface area contributed by atoms with Gasteiger partial charge >= 0.3 is 0 Å². The van der Waals surface area contributed by atoms with Crippen molar-refractivity contribution in [3.05, 3.63) is 0 Å². The van der Waals surface area contributed by atoms with Crippen LogP contribution in [0.3, 0.4) is 0 Å². The lowest BCUT2D eigenvalue weighted by molar-refractivity contribution is -0.132. The molecule has 0 bridgehead atoms. The number of hydrogen-bond acceptors (Lipinski definition) is 4. The Morgan fingerprint density at radius 3 is 2.94 bits per heavy atom. The van der Waals surface area contributed by atoms with Gasteiger partial charge in [-0.3, -0.25) is 4.79 Å². The molecule has 3 N–H and O–H groups in total. The van der Waals surface area contributed by atoms with Gasteiger partial charge in [-0.05, 0) is 18.8 Å². The molecule has 0 aliphatic carbocycles. The second-order valence-corrected chi connectivity index (χ2v) is 4.37. The molecule has 5 heteroatoms. The lowest BCUT2D eigenvalue weighted by atomic mass is 10.1. The number of rotatable bonds is 6. The van der Waals surface area contributed by atoms with E-state index < -0.39 is 0 Å². The highest BCUT2D eigenvalue weighted by Crippen LogP contribution is 2.18. The Kier molecular flexibility index (Phi) is 5.73. The van der Waals surface area contributed by atoms with E-state index in [2.05, 4.69) is 5.32 Å². The van der Waals surface area contributed by atoms with E-state index in [1.54, 1.807) is 7.11 Å². The predicted octanol–water partition coefficient (Wildman–Crippen LogP) is -0.109. The molecule has 1 fully saturated rings. The Morgan fingerprint density at radius 2 is 2.38 bits per heavy atom. The molecule has 0 saturated carbocycles. The van der Waals surface area contributed by atoms with Gasteiger partial charge in [0, 0.05) is 20.2 Å². The van der Waals surface area contributed by atoms with Gasteiger partial charge in [0.25, 0.3) is 0 Å². The second-order valence-electron chi connectivity index (χ2n) is 4.37. The van der Waals surface area contributed by atoms with Crippen molar-refractivity contribution in [1.82, 2.24) is 5.32 Å². The average Bonchev–Trinajstić information content (AvgIpc) is 2.75. The lowest BCUT2D eigenvalue weighted by Gasteiger charge is -2.15. The molecule has 0 aromatic heterocycles. The fraction of sp³-hybridized carbons (Fsp3) is 0.909. The van der Waals surface area contributed by atoms with E-state index in [1.807, 2.05) is 6.92 Å². The van der Waals surface area contributed by atoms with E-state index in [1.165, 1.54) is 0 Å². The molecule has 1 aliphatic rings. The van der Waals surface area contributed by atoms with Crippen molar-refractivity contribution in [2.45, 2.75) is 32.0 Å². The van der Waals surface area contributed by atoms with E-state index in [9.17, 15) is 4.79 Å². The zero-order valence-electron chi connectivity index (χ0n) is 10.1. The SMILES string of the molecule is COCC(C)CNC(=O)C1CCC(CN)O1. The predicted molar refractivity (Wildman–Crippen MR) is 61.0 cm³/mol. The van der Waals surface area contributed by atoms with Gasteiger partial charge in [0.1, 0.15) is 6.10 Å². The fourth-order valence-corrected chi connectivity index (χ4v) is 1.80. The summed E-state index contributed by atoms with van der Waals surface area (Å²) in [4.78, 5) is 11.7. The maximum atomic E-state index is 11.7. The minimum Gasteiger partial charge on any atom is -0.384 e. The summed E-state index contributed by atoms with van der Waals surface area (Å²) in [5.41, 5.74) is 5.48. The summed E-state index contributed by atoms with van der Waals surface area (Å²) in [5, 5.41) is 2.87. The third kappa shape index (κ3) is 4.08. The van der Waals surface area contributed by atoms with Crippen LogP contribution in [0.25, 0.3) is 0 Å². The molecular formula is C11H22N2O3. The van der Waals surface area contributed by atoms with Crippen LogP contribution in [0.1, 0.15) is 19.8 Å². The molecule has 1 aliphatic heterocycles. The first-order chi connectivity index (χ1) is 7.67. The van der Waals surface area contributed by atoms with Crippen LogP contribution in [-0.2, 0) is 14.3 Å². The van der Waals surface area contributed by atoms with E-state index in [0.29, 0.717) is 25.6 Å². The van der Waals surface area contributed by atoms with Crippen LogP contribution < -0.4 is 11.1 Å². The van der Waals surface area contributed by atoms with Crippen molar-refractivity contribution < 1.29 is 14.3 Å². The molecule has 94 valence electrons. The van der Waals surface area contributed by atoms with Gasteiger partial charge in [-0.2, -0.15) is 0 Å². The number of hydrogen-bond donors (Lipinski definition) is 2. The van der Waals surface area contributed by atoms with E-state index in [-0.39, 0.29) is 18.1 Å². The summed E-state index contributed by atoms with van der Waals surface area (Å²) in [6.45, 7) is 3.79. The Balaban J connectivity index is 2.20. The highest BCUT2D eigenvalue weighted by Gasteiger charge is 2.29. The Labute approximate surface area is 96.7 Å². The molecule has 1 rings (SSSR count). The van der Waals surface area contributed by atoms with Crippen LogP contribution in [0.15, 0.2) is 0 Å². The maximum Gasteiger partial charge on any atom is 0.249 e. The van der Waals surface area contributed by atoms with E-state index in [0.717, 1.165) is 12.8 Å². The zero-order chi connectivity index (χ0) is 12.0. The smallest absolute Gasteiger partial charge is 0.249 e. The van der Waals surface area contributed by atoms with Crippen molar-refractivity contribution in [2.75, 3.05) is 26.8 Å². The number of ether oxygens (including phenoxy) is 2. The van der Waals surface area contributed by atoms with Gasteiger partial charge in [-0.15, -0.1) is 0 Å². The largest absolute Gasteiger partial charge is 0.384 e. The molecule has 0 radical (unpaired) electrons. The number of nitrogens with two attached hydrogens (primary N) is 1. The Hall–Kier alpha value is -0.650. The van der Waals surface area contributed by atoms with Gasteiger partial charge in [-0.25, -0.2) is 0 Å². The molecule has 0 spiro atoms. The number of carbonyl (C=O) groups is 1. The van der Waals surface area contributed by atoms with E-state index >= 15 is 0 Å². The summed E-state index contributed by atoms with van der Waals surface area (Å²) < 4.78 is 10.5. The van der Waals surface area contributed by atoms with Crippen molar-refractivity contribution in [2.24, 2.45) is 11.7 Å². The zero-order valence-corrected chi connectivity index (χ0v) is 10.1. The second kappa shape index (κ2) is 6.83. The molecular weight excluding hydrogens is 208 g/mol. The van der Waals surface area contributed by atoms with E-state index in [4.69, 9.17) is 15.2 Å². The molecule has 1 heterocycles. The number of methoxy groups -OCH3 is 1. The van der Waals surface area contributed by atoms with Crippen molar-refractivity contribution in [1.29, 1.82) is 0 Å². The monoisotopic (exact) mass is 230 g/mol. The fourth-order valence-electron chi connectivity index (χ4n) is 1.80. The first kappa shape index (κ1) is 13.4. The van der Waals surface area contributed by atoms with Crippen LogP contribution in [0.2, 0.25) is 0 Å². The van der Waals surface area contributed by atoms with Crippen molar-refractivity contribution in [3.8, 4) is 0 Å². The first-order valence-corrected chi connectivity index (χ1v) is 5.79. The van der Waals surface area contributed by atoms with Gasteiger partial charge in [-0.1, -0.05) is 6.92 Å². The summed E-state index contributed by atoms with van der Waals surface area (Å²) in [6, 6.07) is 0. The molecule has 1 saturated heterocycles. The molecule has 5 nitrogen and oxygen atoms in total.